The summed E-state index contributed by atoms with van der Waals surface area (Å²) in [6.45, 7) is 1.73. The monoisotopic (exact) mass is 558 g/mol. The number of benzene rings is 2. The first kappa shape index (κ1) is 22.3. The molecule has 8 heteroatoms. The molecular formula is C26H21BrCl2N2O3. The quantitative estimate of drug-likeness (QED) is 0.355. The molecule has 1 saturated heterocycles. The largest absolute Gasteiger partial charge is 0.289 e. The summed E-state index contributed by atoms with van der Waals surface area (Å²) in [7, 11) is 0. The lowest BCUT2D eigenvalue weighted by molar-refractivity contribution is -0.140. The summed E-state index contributed by atoms with van der Waals surface area (Å²) in [6, 6.07) is 10.2. The molecule has 3 amide bonds. The van der Waals surface area contributed by atoms with Crippen molar-refractivity contribution in [3.8, 4) is 0 Å². The third-order valence-electron chi connectivity index (χ3n) is 7.89. The van der Waals surface area contributed by atoms with E-state index in [9.17, 15) is 14.4 Å². The zero-order valence-electron chi connectivity index (χ0n) is 18.3. The van der Waals surface area contributed by atoms with Crippen molar-refractivity contribution in [1.82, 2.24) is 4.90 Å². The van der Waals surface area contributed by atoms with Crippen LogP contribution in [0.2, 0.25) is 10.0 Å². The van der Waals surface area contributed by atoms with Crippen LogP contribution >= 0.6 is 39.1 Å². The van der Waals surface area contributed by atoms with E-state index in [1.807, 2.05) is 19.1 Å². The minimum atomic E-state index is -0.397. The van der Waals surface area contributed by atoms with E-state index in [1.54, 1.807) is 18.2 Å². The number of carbonyl (C=O) groups is 3. The van der Waals surface area contributed by atoms with Crippen LogP contribution < -0.4 is 4.90 Å². The van der Waals surface area contributed by atoms with E-state index in [0.717, 1.165) is 16.5 Å². The molecule has 34 heavy (non-hydrogen) atoms. The van der Waals surface area contributed by atoms with Crippen LogP contribution in [0.25, 0.3) is 0 Å². The molecule has 5 aliphatic rings. The van der Waals surface area contributed by atoms with Gasteiger partial charge in [-0.25, -0.2) is 0 Å². The molecule has 5 nitrogen and oxygen atoms in total. The zero-order chi connectivity index (χ0) is 23.9. The summed E-state index contributed by atoms with van der Waals surface area (Å²) < 4.78 is 0.867. The van der Waals surface area contributed by atoms with Crippen LogP contribution in [-0.2, 0) is 9.59 Å². The lowest BCUT2D eigenvalue weighted by Gasteiger charge is -2.37. The van der Waals surface area contributed by atoms with Crippen LogP contribution in [0.15, 0.2) is 53.0 Å². The molecule has 2 saturated carbocycles. The van der Waals surface area contributed by atoms with Gasteiger partial charge in [-0.3, -0.25) is 24.2 Å². The number of imide groups is 1. The minimum Gasteiger partial charge on any atom is -0.289 e. The van der Waals surface area contributed by atoms with Gasteiger partial charge in [0.05, 0.1) is 22.4 Å². The SMILES string of the molecule is Cc1cc(Br)ccc1N(CN1C(=O)C2C3C=CC(C4CC34)C2C1=O)C(=O)c1ccc(Cl)cc1Cl. The third kappa shape index (κ3) is 3.29. The first-order valence-electron chi connectivity index (χ1n) is 11.3. The van der Waals surface area contributed by atoms with Gasteiger partial charge in [-0.1, -0.05) is 51.3 Å². The lowest BCUT2D eigenvalue weighted by Crippen LogP contribution is -2.45. The molecule has 4 aliphatic carbocycles. The molecule has 0 spiro atoms. The number of rotatable bonds is 4. The number of anilines is 1. The van der Waals surface area contributed by atoms with Crippen molar-refractivity contribution in [2.24, 2.45) is 35.5 Å². The van der Waals surface area contributed by atoms with Gasteiger partial charge >= 0.3 is 0 Å². The summed E-state index contributed by atoms with van der Waals surface area (Å²) >= 11 is 15.9. The third-order valence-corrected chi connectivity index (χ3v) is 8.93. The number of aryl methyl sites for hydroxylation is 1. The lowest BCUT2D eigenvalue weighted by atomic mass is 9.63. The Morgan fingerprint density at radius 2 is 1.68 bits per heavy atom. The average molecular weight is 560 g/mol. The maximum Gasteiger partial charge on any atom is 0.261 e. The van der Waals surface area contributed by atoms with Gasteiger partial charge in [0, 0.05) is 15.2 Å². The first-order valence-corrected chi connectivity index (χ1v) is 12.9. The van der Waals surface area contributed by atoms with Gasteiger partial charge in [-0.2, -0.15) is 0 Å². The van der Waals surface area contributed by atoms with Gasteiger partial charge in [0.25, 0.3) is 5.91 Å². The molecule has 2 bridgehead atoms. The summed E-state index contributed by atoms with van der Waals surface area (Å²) in [5.74, 6) is -0.0619. The highest BCUT2D eigenvalue weighted by atomic mass is 79.9. The molecule has 0 N–H and O–H groups in total. The average Bonchev–Trinajstić information content (AvgIpc) is 3.58. The first-order chi connectivity index (χ1) is 16.3. The maximum atomic E-state index is 13.8. The summed E-state index contributed by atoms with van der Waals surface area (Å²) in [5.41, 5.74) is 1.69. The second-order valence-corrected chi connectivity index (χ2v) is 11.4. The second kappa shape index (κ2) is 7.94. The van der Waals surface area contributed by atoms with Crippen molar-refractivity contribution in [2.75, 3.05) is 11.6 Å². The molecule has 2 aromatic rings. The Balaban J connectivity index is 1.38. The fraction of sp³-hybridized carbons (Fsp3) is 0.346. The number of amides is 3. The number of halogens is 3. The summed E-state index contributed by atoms with van der Waals surface area (Å²) in [4.78, 5) is 43.6. The summed E-state index contributed by atoms with van der Waals surface area (Å²) in [5, 5.41) is 0.635. The van der Waals surface area contributed by atoms with E-state index in [4.69, 9.17) is 23.2 Å². The fourth-order valence-electron chi connectivity index (χ4n) is 6.28. The predicted molar refractivity (Wildman–Crippen MR) is 134 cm³/mol. The standard InChI is InChI=1S/C26H21BrCl2N2O3/c1-12-8-13(27)2-7-21(12)30(24(32)17-4-3-14(28)9-20(17)29)11-31-25(33)22-15-5-6-16(19-10-18(15)19)23(22)26(31)34/h2-9,15-16,18-19,22-23H,10-11H2,1H3. The highest BCUT2D eigenvalue weighted by Gasteiger charge is 2.67. The van der Waals surface area contributed by atoms with Crippen LogP contribution in [-0.4, -0.2) is 29.3 Å². The minimum absolute atomic E-state index is 0.130. The number of allylic oxidation sites excluding steroid dienone is 2. The molecule has 0 radical (unpaired) electrons. The molecule has 1 heterocycles. The zero-order valence-corrected chi connectivity index (χ0v) is 21.3. The molecule has 6 unspecified atom stereocenters. The van der Waals surface area contributed by atoms with Gasteiger partial charge in [-0.15, -0.1) is 0 Å². The van der Waals surface area contributed by atoms with Crippen LogP contribution in [0, 0.1) is 42.4 Å². The highest BCUT2D eigenvalue weighted by Crippen LogP contribution is 2.65. The number of carbonyl (C=O) groups excluding carboxylic acids is 3. The number of nitrogens with zero attached hydrogens (tertiary/aromatic N) is 2. The van der Waals surface area contributed by atoms with Gasteiger partial charge in [-0.05, 0) is 79.0 Å². The smallest absolute Gasteiger partial charge is 0.261 e. The van der Waals surface area contributed by atoms with E-state index in [0.29, 0.717) is 22.5 Å². The molecular weight excluding hydrogens is 539 g/mol. The Morgan fingerprint density at radius 1 is 1.03 bits per heavy atom. The number of hydrogen-bond donors (Lipinski definition) is 0. The van der Waals surface area contributed by atoms with Crippen LogP contribution in [0.4, 0.5) is 5.69 Å². The Labute approximate surface area is 215 Å². The van der Waals surface area contributed by atoms with Gasteiger partial charge < -0.3 is 0 Å². The Hall–Kier alpha value is -2.15. The molecule has 6 atom stereocenters. The Kier molecular flexibility index (Phi) is 5.21. The van der Waals surface area contributed by atoms with E-state index in [-0.39, 0.29) is 52.7 Å². The van der Waals surface area contributed by atoms with Gasteiger partial charge in [0.1, 0.15) is 6.67 Å². The van der Waals surface area contributed by atoms with Crippen LogP contribution in [0.1, 0.15) is 22.3 Å². The van der Waals surface area contributed by atoms with Crippen LogP contribution in [0.3, 0.4) is 0 Å². The number of hydrogen-bond acceptors (Lipinski definition) is 3. The Bertz CT molecular complexity index is 1260. The normalized spacial score (nSPS) is 30.4. The van der Waals surface area contributed by atoms with E-state index in [1.165, 1.54) is 15.9 Å². The van der Waals surface area contributed by atoms with Gasteiger partial charge in [0.2, 0.25) is 11.8 Å². The van der Waals surface area contributed by atoms with Crippen molar-refractivity contribution in [3.05, 3.63) is 74.2 Å². The van der Waals surface area contributed by atoms with Gasteiger partial charge in [0.15, 0.2) is 0 Å². The Morgan fingerprint density at radius 3 is 2.26 bits per heavy atom. The van der Waals surface area contributed by atoms with Crippen molar-refractivity contribution >= 4 is 62.5 Å². The van der Waals surface area contributed by atoms with Crippen LogP contribution in [0.5, 0.6) is 0 Å². The van der Waals surface area contributed by atoms with Crippen molar-refractivity contribution in [1.29, 1.82) is 0 Å². The molecule has 7 rings (SSSR count). The van der Waals surface area contributed by atoms with E-state index < -0.39 is 5.91 Å². The maximum absolute atomic E-state index is 13.8. The molecule has 0 aromatic heterocycles. The van der Waals surface area contributed by atoms with Crippen molar-refractivity contribution in [2.45, 2.75) is 13.3 Å². The van der Waals surface area contributed by atoms with Crippen molar-refractivity contribution in [3.63, 3.8) is 0 Å². The topological polar surface area (TPSA) is 57.7 Å². The number of likely N-dealkylation sites (tertiary alicyclic amines) is 1. The van der Waals surface area contributed by atoms with E-state index >= 15 is 0 Å². The predicted octanol–water partition coefficient (Wildman–Crippen LogP) is 5.72. The molecule has 1 aliphatic heterocycles. The van der Waals surface area contributed by atoms with E-state index in [2.05, 4.69) is 28.1 Å². The highest BCUT2D eigenvalue weighted by molar-refractivity contribution is 9.10. The molecule has 2 aromatic carbocycles. The van der Waals surface area contributed by atoms with Crippen molar-refractivity contribution < 1.29 is 14.4 Å². The fourth-order valence-corrected chi connectivity index (χ4v) is 7.24. The molecule has 174 valence electrons. The second-order valence-electron chi connectivity index (χ2n) is 9.69. The molecule has 3 fully saturated rings. The summed E-state index contributed by atoms with van der Waals surface area (Å²) in [6.07, 6.45) is 5.39.